The Morgan fingerprint density at radius 3 is 3.17 bits per heavy atom. The van der Waals surface area contributed by atoms with Gasteiger partial charge in [0.05, 0.1) is 12.2 Å². The van der Waals surface area contributed by atoms with Crippen molar-refractivity contribution in [3.8, 4) is 0 Å². The molecule has 0 radical (unpaired) electrons. The SMILES string of the molecule is NC(=NCc1cn2ccsc2n1)Nc1cccc2c1CCCC2. The molecule has 6 heteroatoms. The quantitative estimate of drug-likeness (QED) is 0.574. The van der Waals surface area contributed by atoms with E-state index in [4.69, 9.17) is 5.73 Å². The minimum absolute atomic E-state index is 0.445. The average Bonchev–Trinajstić information content (AvgIpc) is 3.15. The largest absolute Gasteiger partial charge is 0.370 e. The average molecular weight is 325 g/mol. The monoisotopic (exact) mass is 325 g/mol. The maximum Gasteiger partial charge on any atom is 0.193 e. The molecule has 3 N–H and O–H groups in total. The summed E-state index contributed by atoms with van der Waals surface area (Å²) in [4.78, 5) is 9.92. The third-order valence-corrected chi connectivity index (χ3v) is 4.98. The highest BCUT2D eigenvalue weighted by Crippen LogP contribution is 2.27. The number of aliphatic imine (C=N–C) groups is 1. The van der Waals surface area contributed by atoms with Crippen molar-refractivity contribution in [1.29, 1.82) is 0 Å². The zero-order valence-electron chi connectivity index (χ0n) is 12.8. The number of fused-ring (bicyclic) bond motifs is 2. The van der Waals surface area contributed by atoms with Crippen molar-refractivity contribution in [1.82, 2.24) is 9.38 Å². The molecule has 0 aliphatic heterocycles. The van der Waals surface area contributed by atoms with Crippen LogP contribution in [0.25, 0.3) is 4.96 Å². The molecule has 1 aliphatic carbocycles. The smallest absolute Gasteiger partial charge is 0.193 e. The molecule has 0 bridgehead atoms. The lowest BCUT2D eigenvalue weighted by Gasteiger charge is -2.19. The summed E-state index contributed by atoms with van der Waals surface area (Å²) in [6.45, 7) is 0.488. The second-order valence-corrected chi connectivity index (χ2v) is 6.67. The van der Waals surface area contributed by atoms with Crippen LogP contribution in [0.2, 0.25) is 0 Å². The van der Waals surface area contributed by atoms with Gasteiger partial charge in [-0.1, -0.05) is 12.1 Å². The number of hydrogen-bond acceptors (Lipinski definition) is 3. The van der Waals surface area contributed by atoms with Crippen LogP contribution in [0, 0.1) is 0 Å². The van der Waals surface area contributed by atoms with Crippen molar-refractivity contribution in [3.63, 3.8) is 0 Å². The Morgan fingerprint density at radius 2 is 2.26 bits per heavy atom. The Balaban J connectivity index is 1.49. The molecule has 0 spiro atoms. The molecule has 0 atom stereocenters. The fourth-order valence-electron chi connectivity index (χ4n) is 3.09. The number of nitrogens with one attached hydrogen (secondary N) is 1. The summed E-state index contributed by atoms with van der Waals surface area (Å²) in [6.07, 6.45) is 8.78. The summed E-state index contributed by atoms with van der Waals surface area (Å²) in [7, 11) is 0. The van der Waals surface area contributed by atoms with Crippen LogP contribution in [0.15, 0.2) is 41.0 Å². The summed E-state index contributed by atoms with van der Waals surface area (Å²) in [5, 5.41) is 5.28. The van der Waals surface area contributed by atoms with Gasteiger partial charge in [0.2, 0.25) is 0 Å². The van der Waals surface area contributed by atoms with Crippen molar-refractivity contribution in [2.45, 2.75) is 32.2 Å². The van der Waals surface area contributed by atoms with Crippen LogP contribution >= 0.6 is 11.3 Å². The van der Waals surface area contributed by atoms with Gasteiger partial charge in [-0.25, -0.2) is 9.98 Å². The second-order valence-electron chi connectivity index (χ2n) is 5.80. The third-order valence-electron chi connectivity index (χ3n) is 4.21. The highest BCUT2D eigenvalue weighted by atomic mass is 32.1. The topological polar surface area (TPSA) is 67.7 Å². The first-order valence-electron chi connectivity index (χ1n) is 7.88. The van der Waals surface area contributed by atoms with Gasteiger partial charge in [-0.05, 0) is 42.9 Å². The molecule has 23 heavy (non-hydrogen) atoms. The molecule has 0 unspecified atom stereocenters. The predicted molar refractivity (Wildman–Crippen MR) is 95.1 cm³/mol. The molecule has 2 aromatic heterocycles. The highest BCUT2D eigenvalue weighted by Gasteiger charge is 2.13. The molecule has 118 valence electrons. The summed E-state index contributed by atoms with van der Waals surface area (Å²) in [5.74, 6) is 0.445. The van der Waals surface area contributed by atoms with Crippen LogP contribution in [0.5, 0.6) is 0 Å². The Morgan fingerprint density at radius 1 is 1.35 bits per heavy atom. The molecule has 0 fully saturated rings. The van der Waals surface area contributed by atoms with E-state index >= 15 is 0 Å². The number of anilines is 1. The number of hydrogen-bond donors (Lipinski definition) is 2. The Labute approximate surface area is 138 Å². The molecule has 2 heterocycles. The van der Waals surface area contributed by atoms with E-state index in [1.54, 1.807) is 11.3 Å². The second kappa shape index (κ2) is 6.04. The van der Waals surface area contributed by atoms with Crippen LogP contribution in [-0.4, -0.2) is 15.3 Å². The maximum absolute atomic E-state index is 6.06. The number of nitrogens with two attached hydrogens (primary N) is 1. The van der Waals surface area contributed by atoms with Gasteiger partial charge in [0, 0.05) is 23.5 Å². The summed E-state index contributed by atoms with van der Waals surface area (Å²) < 4.78 is 2.01. The number of aryl methyl sites for hydroxylation is 1. The first-order valence-corrected chi connectivity index (χ1v) is 8.76. The van der Waals surface area contributed by atoms with Gasteiger partial charge in [0.15, 0.2) is 10.9 Å². The Bertz CT molecular complexity index is 832. The molecule has 0 saturated carbocycles. The van der Waals surface area contributed by atoms with E-state index in [0.29, 0.717) is 12.5 Å². The lowest BCUT2D eigenvalue weighted by Crippen LogP contribution is -2.24. The molecule has 1 aromatic carbocycles. The number of rotatable bonds is 3. The molecular weight excluding hydrogens is 306 g/mol. The van der Waals surface area contributed by atoms with Crippen LogP contribution in [0.3, 0.4) is 0 Å². The van der Waals surface area contributed by atoms with Crippen molar-refractivity contribution in [2.24, 2.45) is 10.7 Å². The van der Waals surface area contributed by atoms with Gasteiger partial charge in [0.25, 0.3) is 0 Å². The number of thiazole rings is 1. The van der Waals surface area contributed by atoms with E-state index in [1.165, 1.54) is 24.0 Å². The fraction of sp³-hybridized carbons (Fsp3) is 0.294. The highest BCUT2D eigenvalue weighted by molar-refractivity contribution is 7.15. The zero-order valence-corrected chi connectivity index (χ0v) is 13.6. The number of imidazole rings is 1. The summed E-state index contributed by atoms with van der Waals surface area (Å²) in [6, 6.07) is 6.38. The lowest BCUT2D eigenvalue weighted by molar-refractivity contribution is 0.687. The zero-order chi connectivity index (χ0) is 15.6. The van der Waals surface area contributed by atoms with Gasteiger partial charge >= 0.3 is 0 Å². The normalized spacial score (nSPS) is 14.9. The van der Waals surface area contributed by atoms with Crippen molar-refractivity contribution < 1.29 is 0 Å². The van der Waals surface area contributed by atoms with Crippen LogP contribution < -0.4 is 11.1 Å². The number of aromatic nitrogens is 2. The lowest BCUT2D eigenvalue weighted by atomic mass is 9.90. The van der Waals surface area contributed by atoms with Gasteiger partial charge in [-0.15, -0.1) is 11.3 Å². The van der Waals surface area contributed by atoms with E-state index in [1.807, 2.05) is 22.2 Å². The summed E-state index contributed by atoms with van der Waals surface area (Å²) >= 11 is 1.62. The van der Waals surface area contributed by atoms with E-state index in [-0.39, 0.29) is 0 Å². The first-order chi connectivity index (χ1) is 11.3. The van der Waals surface area contributed by atoms with Gasteiger partial charge in [0.1, 0.15) is 0 Å². The Kier molecular flexibility index (Phi) is 3.75. The van der Waals surface area contributed by atoms with Crippen LogP contribution in [0.4, 0.5) is 5.69 Å². The molecule has 0 saturated heterocycles. The van der Waals surface area contributed by atoms with Crippen molar-refractivity contribution in [2.75, 3.05) is 5.32 Å². The van der Waals surface area contributed by atoms with Gasteiger partial charge in [-0.2, -0.15) is 0 Å². The molecule has 3 aromatic rings. The first kappa shape index (κ1) is 14.3. The number of guanidine groups is 1. The summed E-state index contributed by atoms with van der Waals surface area (Å²) in [5.41, 5.74) is 10.9. The minimum atomic E-state index is 0.445. The molecular formula is C17H19N5S. The number of benzene rings is 1. The third kappa shape index (κ3) is 2.94. The van der Waals surface area contributed by atoms with Gasteiger partial charge < -0.3 is 11.1 Å². The molecule has 1 aliphatic rings. The molecule has 0 amide bonds. The van der Waals surface area contributed by atoms with E-state index in [0.717, 1.165) is 29.2 Å². The van der Waals surface area contributed by atoms with Gasteiger partial charge in [-0.3, -0.25) is 4.40 Å². The predicted octanol–water partition coefficient (Wildman–Crippen LogP) is 3.20. The van der Waals surface area contributed by atoms with E-state index in [9.17, 15) is 0 Å². The van der Waals surface area contributed by atoms with E-state index < -0.39 is 0 Å². The molecule has 4 rings (SSSR count). The van der Waals surface area contributed by atoms with Crippen molar-refractivity contribution >= 4 is 27.9 Å². The Hall–Kier alpha value is -2.34. The number of nitrogens with zero attached hydrogens (tertiary/aromatic N) is 3. The minimum Gasteiger partial charge on any atom is -0.370 e. The maximum atomic E-state index is 6.06. The van der Waals surface area contributed by atoms with Crippen LogP contribution in [0.1, 0.15) is 29.7 Å². The van der Waals surface area contributed by atoms with E-state index in [2.05, 4.69) is 33.5 Å². The van der Waals surface area contributed by atoms with Crippen LogP contribution in [-0.2, 0) is 19.4 Å². The molecule has 5 nitrogen and oxygen atoms in total. The standard InChI is InChI=1S/C17H19N5S/c18-16(19-10-13-11-22-8-9-23-17(22)20-13)21-15-7-3-5-12-4-1-2-6-14(12)15/h3,5,7-9,11H,1-2,4,6,10H2,(H3,18,19,21). The van der Waals surface area contributed by atoms with Crippen molar-refractivity contribution in [3.05, 3.63) is 52.8 Å². The fourth-order valence-corrected chi connectivity index (χ4v) is 3.81.